The van der Waals surface area contributed by atoms with Crippen LogP contribution in [-0.2, 0) is 9.47 Å². The van der Waals surface area contributed by atoms with Crippen LogP contribution in [0.4, 0.5) is 4.39 Å². The molecule has 0 radical (unpaired) electrons. The van der Waals surface area contributed by atoms with Crippen LogP contribution >= 0.6 is 11.6 Å². The van der Waals surface area contributed by atoms with E-state index in [0.29, 0.717) is 13.2 Å². The van der Waals surface area contributed by atoms with E-state index in [1.54, 1.807) is 0 Å². The van der Waals surface area contributed by atoms with E-state index in [1.165, 1.54) is 0 Å². The molecule has 0 spiro atoms. The molecule has 6 heteroatoms. The molecule has 1 aromatic heterocycles. The first-order valence-corrected chi connectivity index (χ1v) is 4.64. The van der Waals surface area contributed by atoms with Gasteiger partial charge in [-0.1, -0.05) is 11.6 Å². The lowest BCUT2D eigenvalue weighted by atomic mass is 10.2. The second-order valence-electron chi connectivity index (χ2n) is 3.06. The van der Waals surface area contributed by atoms with Gasteiger partial charge in [0.05, 0.1) is 25.0 Å². The zero-order valence-electron chi connectivity index (χ0n) is 7.57. The Balaban J connectivity index is 2.12. The Kier molecular flexibility index (Phi) is 2.83. The second-order valence-corrected chi connectivity index (χ2v) is 3.41. The van der Waals surface area contributed by atoms with Gasteiger partial charge in [-0.25, -0.2) is 14.2 Å². The van der Waals surface area contributed by atoms with Crippen molar-refractivity contribution in [1.29, 1.82) is 0 Å². The van der Waals surface area contributed by atoms with Gasteiger partial charge in [0.15, 0.2) is 0 Å². The number of halogens is 2. The number of hydrogen-bond donors (Lipinski definition) is 0. The fourth-order valence-electron chi connectivity index (χ4n) is 1.06. The standard InChI is InChI=1S/C9H7ClFNO3/c10-8-7(1-5(11)2-12-8)9(13)15-6-3-14-4-6/h1-2,6H,3-4H2. The van der Waals surface area contributed by atoms with Gasteiger partial charge in [0.2, 0.25) is 0 Å². The predicted octanol–water partition coefficient (Wildman–Crippen LogP) is 1.43. The zero-order chi connectivity index (χ0) is 10.8. The number of esters is 1. The average molecular weight is 232 g/mol. The third-order valence-electron chi connectivity index (χ3n) is 1.91. The SMILES string of the molecule is O=C(OC1COC1)c1cc(F)cnc1Cl. The molecular formula is C9H7ClFNO3. The van der Waals surface area contributed by atoms with E-state index < -0.39 is 11.8 Å². The first kappa shape index (κ1) is 10.3. The van der Waals surface area contributed by atoms with Crippen molar-refractivity contribution in [1.82, 2.24) is 4.98 Å². The fourth-order valence-corrected chi connectivity index (χ4v) is 1.24. The molecule has 1 aliphatic rings. The number of ether oxygens (including phenoxy) is 2. The Morgan fingerprint density at radius 2 is 2.40 bits per heavy atom. The van der Waals surface area contributed by atoms with E-state index in [4.69, 9.17) is 21.1 Å². The summed E-state index contributed by atoms with van der Waals surface area (Å²) in [7, 11) is 0. The highest BCUT2D eigenvalue weighted by molar-refractivity contribution is 6.32. The Labute approximate surface area is 90.0 Å². The summed E-state index contributed by atoms with van der Waals surface area (Å²) in [6.07, 6.45) is 0.669. The topological polar surface area (TPSA) is 48.4 Å². The van der Waals surface area contributed by atoms with E-state index in [1.807, 2.05) is 0 Å². The summed E-state index contributed by atoms with van der Waals surface area (Å²) >= 11 is 5.63. The third-order valence-corrected chi connectivity index (χ3v) is 2.21. The first-order chi connectivity index (χ1) is 7.16. The highest BCUT2D eigenvalue weighted by atomic mass is 35.5. The molecule has 0 amide bonds. The summed E-state index contributed by atoms with van der Waals surface area (Å²) in [5.74, 6) is -1.31. The quantitative estimate of drug-likeness (QED) is 0.571. The van der Waals surface area contributed by atoms with Crippen LogP contribution in [0.3, 0.4) is 0 Å². The molecule has 1 saturated heterocycles. The highest BCUT2D eigenvalue weighted by Crippen LogP contribution is 2.17. The Hall–Kier alpha value is -1.20. The van der Waals surface area contributed by atoms with Gasteiger partial charge in [-0.3, -0.25) is 0 Å². The molecule has 80 valence electrons. The molecule has 0 bridgehead atoms. The predicted molar refractivity (Wildman–Crippen MR) is 49.2 cm³/mol. The molecular weight excluding hydrogens is 225 g/mol. The summed E-state index contributed by atoms with van der Waals surface area (Å²) in [6.45, 7) is 0.734. The molecule has 0 unspecified atom stereocenters. The number of nitrogens with zero attached hydrogens (tertiary/aromatic N) is 1. The summed E-state index contributed by atoms with van der Waals surface area (Å²) in [5.41, 5.74) is -0.0661. The average Bonchev–Trinajstić information content (AvgIpc) is 2.15. The fraction of sp³-hybridized carbons (Fsp3) is 0.333. The lowest BCUT2D eigenvalue weighted by Crippen LogP contribution is -2.37. The lowest BCUT2D eigenvalue weighted by Gasteiger charge is -2.25. The van der Waals surface area contributed by atoms with Crippen molar-refractivity contribution in [2.24, 2.45) is 0 Å². The van der Waals surface area contributed by atoms with Crippen molar-refractivity contribution in [3.8, 4) is 0 Å². The largest absolute Gasteiger partial charge is 0.454 e. The van der Waals surface area contributed by atoms with Crippen LogP contribution in [0.25, 0.3) is 0 Å². The van der Waals surface area contributed by atoms with Gasteiger partial charge in [0, 0.05) is 0 Å². The monoisotopic (exact) mass is 231 g/mol. The van der Waals surface area contributed by atoms with Crippen molar-refractivity contribution >= 4 is 17.6 Å². The van der Waals surface area contributed by atoms with Gasteiger partial charge in [-0.2, -0.15) is 0 Å². The van der Waals surface area contributed by atoms with Gasteiger partial charge < -0.3 is 9.47 Å². The number of pyridine rings is 1. The maximum absolute atomic E-state index is 12.8. The van der Waals surface area contributed by atoms with Crippen LogP contribution in [0, 0.1) is 5.82 Å². The van der Waals surface area contributed by atoms with Gasteiger partial charge in [0.25, 0.3) is 0 Å². The van der Waals surface area contributed by atoms with Gasteiger partial charge in [-0.05, 0) is 6.07 Å². The van der Waals surface area contributed by atoms with Crippen LogP contribution in [0.15, 0.2) is 12.3 Å². The summed E-state index contributed by atoms with van der Waals surface area (Å²) in [6, 6.07) is 0.997. The van der Waals surface area contributed by atoms with Crippen molar-refractivity contribution in [3.05, 3.63) is 28.8 Å². The number of aromatic nitrogens is 1. The Morgan fingerprint density at radius 1 is 1.67 bits per heavy atom. The molecule has 2 rings (SSSR count). The number of rotatable bonds is 2. The molecule has 0 aromatic carbocycles. The van der Waals surface area contributed by atoms with Crippen LogP contribution in [0.2, 0.25) is 5.15 Å². The summed E-state index contributed by atoms with van der Waals surface area (Å²) in [5, 5.41) is -0.0679. The van der Waals surface area contributed by atoms with Crippen LogP contribution in [0.1, 0.15) is 10.4 Å². The molecule has 0 saturated carbocycles. The van der Waals surface area contributed by atoms with Crippen LogP contribution in [-0.4, -0.2) is 30.3 Å². The highest BCUT2D eigenvalue weighted by Gasteiger charge is 2.25. The minimum absolute atomic E-state index is 0.0661. The molecule has 4 nitrogen and oxygen atoms in total. The molecule has 2 heterocycles. The van der Waals surface area contributed by atoms with Crippen molar-refractivity contribution < 1.29 is 18.7 Å². The number of carbonyl (C=O) groups excluding carboxylic acids is 1. The number of carbonyl (C=O) groups is 1. The van der Waals surface area contributed by atoms with E-state index in [0.717, 1.165) is 12.3 Å². The zero-order valence-corrected chi connectivity index (χ0v) is 8.33. The normalized spacial score (nSPS) is 15.9. The summed E-state index contributed by atoms with van der Waals surface area (Å²) in [4.78, 5) is 15.0. The first-order valence-electron chi connectivity index (χ1n) is 4.26. The molecule has 15 heavy (non-hydrogen) atoms. The minimum atomic E-state index is -0.680. The van der Waals surface area contributed by atoms with E-state index >= 15 is 0 Å². The van der Waals surface area contributed by atoms with Gasteiger partial charge >= 0.3 is 5.97 Å². The second kappa shape index (κ2) is 4.12. The van der Waals surface area contributed by atoms with Crippen LogP contribution in [0.5, 0.6) is 0 Å². The van der Waals surface area contributed by atoms with E-state index in [2.05, 4.69) is 4.98 Å². The van der Waals surface area contributed by atoms with Crippen molar-refractivity contribution in [2.75, 3.05) is 13.2 Å². The molecule has 1 aromatic rings. The third kappa shape index (κ3) is 2.24. The summed E-state index contributed by atoms with van der Waals surface area (Å²) < 4.78 is 22.6. The van der Waals surface area contributed by atoms with Crippen molar-refractivity contribution in [2.45, 2.75) is 6.10 Å². The minimum Gasteiger partial charge on any atom is -0.454 e. The lowest BCUT2D eigenvalue weighted by molar-refractivity contribution is -0.103. The van der Waals surface area contributed by atoms with Gasteiger partial charge in [0.1, 0.15) is 17.1 Å². The van der Waals surface area contributed by atoms with Crippen molar-refractivity contribution in [3.63, 3.8) is 0 Å². The van der Waals surface area contributed by atoms with E-state index in [-0.39, 0.29) is 16.8 Å². The number of hydrogen-bond acceptors (Lipinski definition) is 4. The van der Waals surface area contributed by atoms with E-state index in [9.17, 15) is 9.18 Å². The van der Waals surface area contributed by atoms with Gasteiger partial charge in [-0.15, -0.1) is 0 Å². The Morgan fingerprint density at radius 3 is 3.00 bits per heavy atom. The molecule has 0 aliphatic carbocycles. The maximum Gasteiger partial charge on any atom is 0.341 e. The van der Waals surface area contributed by atoms with Crippen LogP contribution < -0.4 is 0 Å². The molecule has 1 fully saturated rings. The molecule has 0 N–H and O–H groups in total. The molecule has 1 aliphatic heterocycles. The molecule has 0 atom stereocenters. The Bertz CT molecular complexity index is 395. The maximum atomic E-state index is 12.8. The smallest absolute Gasteiger partial charge is 0.341 e.